The summed E-state index contributed by atoms with van der Waals surface area (Å²) in [6.07, 6.45) is 8.16. The van der Waals surface area contributed by atoms with Gasteiger partial charge in [-0.2, -0.15) is 0 Å². The minimum atomic E-state index is -0.412. The highest BCUT2D eigenvalue weighted by Gasteiger charge is 2.53. The van der Waals surface area contributed by atoms with E-state index < -0.39 is 6.10 Å². The summed E-state index contributed by atoms with van der Waals surface area (Å²) >= 11 is 0. The Balaban J connectivity index is 1.52. The van der Waals surface area contributed by atoms with Crippen LogP contribution in [0.3, 0.4) is 0 Å². The summed E-state index contributed by atoms with van der Waals surface area (Å²) < 4.78 is 5.12. The summed E-state index contributed by atoms with van der Waals surface area (Å²) in [7, 11) is 0. The van der Waals surface area contributed by atoms with Gasteiger partial charge in [-0.15, -0.1) is 0 Å². The maximum Gasteiger partial charge on any atom is 0.331 e. The zero-order valence-electron chi connectivity index (χ0n) is 17.2. The van der Waals surface area contributed by atoms with E-state index in [0.29, 0.717) is 24.7 Å². The average Bonchev–Trinajstić information content (AvgIpc) is 3.19. The zero-order chi connectivity index (χ0) is 20.1. The first-order valence-electron chi connectivity index (χ1n) is 11.0. The van der Waals surface area contributed by atoms with Gasteiger partial charge < -0.3 is 14.9 Å². The molecule has 0 aromatic rings. The summed E-state index contributed by atoms with van der Waals surface area (Å²) in [6.45, 7) is 4.71. The molecule has 7 atom stereocenters. The number of carbonyl (C=O) groups excluding carboxylic acids is 2. The van der Waals surface area contributed by atoms with E-state index in [1.54, 1.807) is 6.08 Å². The van der Waals surface area contributed by atoms with E-state index >= 15 is 0 Å². The van der Waals surface area contributed by atoms with Crippen LogP contribution in [0.5, 0.6) is 0 Å². The predicted molar refractivity (Wildman–Crippen MR) is 104 cm³/mol. The Kier molecular flexibility index (Phi) is 5.20. The first kappa shape index (κ1) is 20.1. The first-order valence-corrected chi connectivity index (χ1v) is 11.0. The van der Waals surface area contributed by atoms with Gasteiger partial charge in [0, 0.05) is 23.8 Å². The number of aliphatic hydroxyl groups excluding tert-OH is 2. The molecule has 1 heterocycles. The molecular formula is C23H34O5. The molecule has 0 aromatic heterocycles. The molecule has 0 radical (unpaired) electrons. The fraction of sp³-hybridized carbons (Fsp3) is 0.826. The largest absolute Gasteiger partial charge is 0.458 e. The quantitative estimate of drug-likeness (QED) is 0.721. The van der Waals surface area contributed by atoms with Gasteiger partial charge in [-0.3, -0.25) is 4.79 Å². The number of esters is 1. The molecule has 0 bridgehead atoms. The molecule has 0 aromatic carbocycles. The van der Waals surface area contributed by atoms with Crippen LogP contribution in [0.2, 0.25) is 0 Å². The van der Waals surface area contributed by atoms with Crippen LogP contribution in [0.15, 0.2) is 11.6 Å². The molecule has 7 unspecified atom stereocenters. The maximum absolute atomic E-state index is 12.9. The lowest BCUT2D eigenvalue weighted by Gasteiger charge is -2.51. The molecule has 5 heteroatoms. The van der Waals surface area contributed by atoms with Gasteiger partial charge in [-0.1, -0.05) is 13.8 Å². The van der Waals surface area contributed by atoms with Crippen molar-refractivity contribution in [3.8, 4) is 0 Å². The van der Waals surface area contributed by atoms with Crippen molar-refractivity contribution in [3.05, 3.63) is 11.6 Å². The lowest BCUT2D eigenvalue weighted by molar-refractivity contribution is -0.140. The van der Waals surface area contributed by atoms with Crippen LogP contribution in [-0.2, 0) is 14.3 Å². The van der Waals surface area contributed by atoms with Crippen LogP contribution in [0.25, 0.3) is 0 Å². The van der Waals surface area contributed by atoms with E-state index in [4.69, 9.17) is 4.74 Å². The van der Waals surface area contributed by atoms with Crippen molar-refractivity contribution in [1.29, 1.82) is 0 Å². The third-order valence-electron chi connectivity index (χ3n) is 8.82. The number of Topliss-reactive ketones (excluding diaryl/α,β-unsaturated/α-hetero) is 1. The fourth-order valence-corrected chi connectivity index (χ4v) is 6.86. The molecule has 3 saturated carbocycles. The zero-order valence-corrected chi connectivity index (χ0v) is 17.2. The van der Waals surface area contributed by atoms with Gasteiger partial charge in [-0.25, -0.2) is 4.79 Å². The Hall–Kier alpha value is -1.20. The van der Waals surface area contributed by atoms with Gasteiger partial charge in [0.1, 0.15) is 12.4 Å². The molecule has 28 heavy (non-hydrogen) atoms. The topological polar surface area (TPSA) is 83.8 Å². The smallest absolute Gasteiger partial charge is 0.331 e. The normalized spacial score (nSPS) is 46.3. The van der Waals surface area contributed by atoms with E-state index in [-0.39, 0.29) is 34.7 Å². The molecule has 2 N–H and O–H groups in total. The third-order valence-corrected chi connectivity index (χ3v) is 8.82. The minimum Gasteiger partial charge on any atom is -0.458 e. The van der Waals surface area contributed by atoms with Crippen molar-refractivity contribution < 1.29 is 24.5 Å². The Morgan fingerprint density at radius 1 is 1.14 bits per heavy atom. The van der Waals surface area contributed by atoms with Gasteiger partial charge in [-0.05, 0) is 74.2 Å². The molecule has 4 aliphatic rings. The van der Waals surface area contributed by atoms with Crippen molar-refractivity contribution in [2.45, 2.75) is 83.8 Å². The van der Waals surface area contributed by atoms with Crippen LogP contribution in [-0.4, -0.2) is 40.8 Å². The standard InChI is InChI=1S/C23H34O5/c1-22-9-7-16(24)12-15(22)3-5-19(25)18(22)8-10-23(2)17(4-6-20(23)26)14-11-21(27)28-13-14/h11,15-18,20,24,26H,3-10,12-13H2,1-2H3. The molecule has 0 saturated heterocycles. The van der Waals surface area contributed by atoms with Crippen LogP contribution in [0.1, 0.15) is 71.6 Å². The molecule has 3 aliphatic carbocycles. The van der Waals surface area contributed by atoms with Crippen LogP contribution < -0.4 is 0 Å². The van der Waals surface area contributed by atoms with Gasteiger partial charge >= 0.3 is 5.97 Å². The molecule has 5 nitrogen and oxygen atoms in total. The lowest BCUT2D eigenvalue weighted by Crippen LogP contribution is -2.48. The van der Waals surface area contributed by atoms with Crippen molar-refractivity contribution in [2.24, 2.45) is 28.6 Å². The number of carbonyl (C=O) groups is 2. The van der Waals surface area contributed by atoms with E-state index in [9.17, 15) is 19.8 Å². The van der Waals surface area contributed by atoms with Gasteiger partial charge in [0.15, 0.2) is 0 Å². The van der Waals surface area contributed by atoms with E-state index in [1.807, 2.05) is 0 Å². The highest BCUT2D eigenvalue weighted by molar-refractivity contribution is 5.85. The van der Waals surface area contributed by atoms with Crippen molar-refractivity contribution in [3.63, 3.8) is 0 Å². The SMILES string of the molecule is CC1(CCC2C(=O)CCC3CC(O)CCC32C)C(O)CCC1C1=CC(=O)OC1. The Morgan fingerprint density at radius 3 is 2.64 bits per heavy atom. The monoisotopic (exact) mass is 390 g/mol. The molecular weight excluding hydrogens is 356 g/mol. The highest BCUT2D eigenvalue weighted by atomic mass is 16.5. The second kappa shape index (κ2) is 7.24. The molecule has 4 rings (SSSR count). The Bertz CT molecular complexity index is 684. The van der Waals surface area contributed by atoms with Crippen molar-refractivity contribution in [1.82, 2.24) is 0 Å². The van der Waals surface area contributed by atoms with Crippen molar-refractivity contribution in [2.75, 3.05) is 6.61 Å². The lowest BCUT2D eigenvalue weighted by atomic mass is 9.53. The van der Waals surface area contributed by atoms with E-state index in [2.05, 4.69) is 13.8 Å². The Labute approximate surface area is 167 Å². The molecule has 0 spiro atoms. The summed E-state index contributed by atoms with van der Waals surface area (Å²) in [5.74, 6) is 0.655. The van der Waals surface area contributed by atoms with Crippen molar-refractivity contribution >= 4 is 11.8 Å². The number of aliphatic hydroxyl groups is 2. The predicted octanol–water partition coefficient (Wildman–Crippen LogP) is 3.17. The fourth-order valence-electron chi connectivity index (χ4n) is 6.86. The van der Waals surface area contributed by atoms with Gasteiger partial charge in [0.2, 0.25) is 0 Å². The van der Waals surface area contributed by atoms with Crippen LogP contribution in [0, 0.1) is 28.6 Å². The Morgan fingerprint density at radius 2 is 1.93 bits per heavy atom. The van der Waals surface area contributed by atoms with E-state index in [0.717, 1.165) is 56.9 Å². The highest BCUT2D eigenvalue weighted by Crippen LogP contribution is 2.56. The summed E-state index contributed by atoms with van der Waals surface area (Å²) in [5.41, 5.74) is 0.650. The third kappa shape index (κ3) is 3.24. The van der Waals surface area contributed by atoms with E-state index in [1.165, 1.54) is 0 Å². The minimum absolute atomic E-state index is 0.0134. The molecule has 156 valence electrons. The number of hydrogen-bond acceptors (Lipinski definition) is 5. The number of rotatable bonds is 4. The average molecular weight is 391 g/mol. The van der Waals surface area contributed by atoms with Gasteiger partial charge in [0.05, 0.1) is 12.2 Å². The maximum atomic E-state index is 12.9. The summed E-state index contributed by atoms with van der Waals surface area (Å²) in [4.78, 5) is 24.5. The number of hydrogen-bond donors (Lipinski definition) is 2. The number of cyclic esters (lactones) is 1. The summed E-state index contributed by atoms with van der Waals surface area (Å²) in [5, 5.41) is 20.9. The number of fused-ring (bicyclic) bond motifs is 1. The summed E-state index contributed by atoms with van der Waals surface area (Å²) in [6, 6.07) is 0. The molecule has 0 amide bonds. The number of ketones is 1. The first-order chi connectivity index (χ1) is 13.2. The second-order valence-electron chi connectivity index (χ2n) is 10.2. The number of ether oxygens (including phenoxy) is 1. The molecule has 3 fully saturated rings. The second-order valence-corrected chi connectivity index (χ2v) is 10.2. The van der Waals surface area contributed by atoms with Crippen LogP contribution >= 0.6 is 0 Å². The van der Waals surface area contributed by atoms with Crippen LogP contribution in [0.4, 0.5) is 0 Å². The molecule has 1 aliphatic heterocycles. The van der Waals surface area contributed by atoms with Gasteiger partial charge in [0.25, 0.3) is 0 Å².